The number of nitrogens with one attached hydrogen (secondary N) is 2. The van der Waals surface area contributed by atoms with Crippen LogP contribution in [0.2, 0.25) is 0 Å². The number of rotatable bonds is 21. The molecule has 0 radical (unpaired) electrons. The van der Waals surface area contributed by atoms with Crippen molar-refractivity contribution in [1.29, 1.82) is 0 Å². The molecule has 0 aromatic rings. The fourth-order valence-electron chi connectivity index (χ4n) is 2.84. The van der Waals surface area contributed by atoms with E-state index in [1.54, 1.807) is 13.8 Å². The number of hydrogen-bond acceptors (Lipinski definition) is 12. The Morgan fingerprint density at radius 3 is 1.95 bits per heavy atom. The molecule has 13 heteroatoms. The lowest BCUT2D eigenvalue weighted by molar-refractivity contribution is -0.157. The second-order valence-electron chi connectivity index (χ2n) is 8.95. The van der Waals surface area contributed by atoms with Crippen molar-refractivity contribution in [1.82, 2.24) is 10.6 Å². The first-order valence-electron chi connectivity index (χ1n) is 12.4. The van der Waals surface area contributed by atoms with Gasteiger partial charge in [0.05, 0.1) is 66.7 Å². The maximum absolute atomic E-state index is 12.4. The summed E-state index contributed by atoms with van der Waals surface area (Å²) in [7, 11) is 2.48. The number of carbonyl (C=O) groups excluding carboxylic acids is 4. The van der Waals surface area contributed by atoms with Crippen LogP contribution in [0, 0.1) is 5.92 Å². The van der Waals surface area contributed by atoms with E-state index < -0.39 is 36.1 Å². The molecule has 0 saturated heterocycles. The van der Waals surface area contributed by atoms with Crippen LogP contribution in [0.4, 0.5) is 0 Å². The molecule has 0 aliphatic carbocycles. The summed E-state index contributed by atoms with van der Waals surface area (Å²) in [5.74, 6) is -1.75. The largest absolute Gasteiger partial charge is 0.469 e. The third-order valence-electron chi connectivity index (χ3n) is 4.75. The van der Waals surface area contributed by atoms with E-state index in [-0.39, 0.29) is 38.0 Å². The van der Waals surface area contributed by atoms with Gasteiger partial charge in [0.15, 0.2) is 0 Å². The van der Waals surface area contributed by atoms with E-state index in [0.717, 1.165) is 0 Å². The Labute approximate surface area is 219 Å². The summed E-state index contributed by atoms with van der Waals surface area (Å²) in [5, 5.41) is 5.72. The first-order valence-corrected chi connectivity index (χ1v) is 12.4. The van der Waals surface area contributed by atoms with Crippen molar-refractivity contribution in [3.05, 3.63) is 0 Å². The SMILES string of the molecule is COC(=O)CC(NCC(C)C)C(=O)OC(C)COCCOCCOCC(C)NC(=O)CC(N)C(=O)OC. The zero-order chi connectivity index (χ0) is 28.2. The molecular formula is C24H45N3O10. The van der Waals surface area contributed by atoms with E-state index >= 15 is 0 Å². The van der Waals surface area contributed by atoms with E-state index in [4.69, 9.17) is 24.7 Å². The molecule has 4 unspecified atom stereocenters. The van der Waals surface area contributed by atoms with Gasteiger partial charge in [0.25, 0.3) is 0 Å². The second kappa shape index (κ2) is 20.7. The Hall–Kier alpha value is -2.32. The van der Waals surface area contributed by atoms with Crippen LogP contribution in [0.15, 0.2) is 0 Å². The molecule has 0 fully saturated rings. The molecule has 216 valence electrons. The number of methoxy groups -OCH3 is 2. The third kappa shape index (κ3) is 18.6. The van der Waals surface area contributed by atoms with Crippen molar-refractivity contribution >= 4 is 23.8 Å². The summed E-state index contributed by atoms with van der Waals surface area (Å²) in [4.78, 5) is 47.1. The number of amides is 1. The van der Waals surface area contributed by atoms with Crippen LogP contribution in [0.5, 0.6) is 0 Å². The summed E-state index contributed by atoms with van der Waals surface area (Å²) in [5.41, 5.74) is 5.55. The van der Waals surface area contributed by atoms with Gasteiger partial charge < -0.3 is 44.8 Å². The van der Waals surface area contributed by atoms with Gasteiger partial charge in [-0.25, -0.2) is 0 Å². The van der Waals surface area contributed by atoms with Crippen LogP contribution in [0.1, 0.15) is 40.5 Å². The Bertz CT molecular complexity index is 677. The lowest BCUT2D eigenvalue weighted by Gasteiger charge is -2.21. The maximum atomic E-state index is 12.4. The van der Waals surface area contributed by atoms with Gasteiger partial charge in [-0.3, -0.25) is 19.2 Å². The van der Waals surface area contributed by atoms with Gasteiger partial charge in [-0.05, 0) is 26.3 Å². The van der Waals surface area contributed by atoms with Crippen LogP contribution < -0.4 is 16.4 Å². The first-order chi connectivity index (χ1) is 17.5. The summed E-state index contributed by atoms with van der Waals surface area (Å²) >= 11 is 0. The molecular weight excluding hydrogens is 490 g/mol. The highest BCUT2D eigenvalue weighted by Gasteiger charge is 2.25. The average molecular weight is 536 g/mol. The lowest BCUT2D eigenvalue weighted by Crippen LogP contribution is -2.43. The fourth-order valence-corrected chi connectivity index (χ4v) is 2.84. The summed E-state index contributed by atoms with van der Waals surface area (Å²) < 4.78 is 30.9. The number of esters is 3. The van der Waals surface area contributed by atoms with Crippen LogP contribution in [-0.4, -0.2) is 108 Å². The first kappa shape index (κ1) is 34.7. The van der Waals surface area contributed by atoms with E-state index in [1.807, 2.05) is 13.8 Å². The standard InChI is InChI=1S/C24H45N3O10/c1-16(2)13-26-20(12-22(29)32-5)24(31)37-18(4)15-36-10-8-34-7-9-35-14-17(3)27-21(28)11-19(25)23(30)33-6/h16-20,26H,7-15,25H2,1-6H3,(H,27,28). The molecule has 0 aliphatic heterocycles. The Balaban J connectivity index is 3.94. The van der Waals surface area contributed by atoms with E-state index in [0.29, 0.717) is 38.9 Å². The zero-order valence-electron chi connectivity index (χ0n) is 22.9. The molecule has 0 saturated carbocycles. The summed E-state index contributed by atoms with van der Waals surface area (Å²) in [6, 6.07) is -2.05. The molecule has 4 atom stereocenters. The topological polar surface area (TPSA) is 174 Å². The summed E-state index contributed by atoms with van der Waals surface area (Å²) in [6.07, 6.45) is -0.780. The predicted molar refractivity (Wildman–Crippen MR) is 133 cm³/mol. The van der Waals surface area contributed by atoms with E-state index in [2.05, 4.69) is 20.1 Å². The quantitative estimate of drug-likeness (QED) is 0.0982. The van der Waals surface area contributed by atoms with Gasteiger partial charge in [-0.15, -0.1) is 0 Å². The number of nitrogens with two attached hydrogens (primary N) is 1. The lowest BCUT2D eigenvalue weighted by atomic mass is 10.1. The van der Waals surface area contributed by atoms with Crippen molar-refractivity contribution in [3.8, 4) is 0 Å². The zero-order valence-corrected chi connectivity index (χ0v) is 22.9. The van der Waals surface area contributed by atoms with Crippen molar-refractivity contribution in [3.63, 3.8) is 0 Å². The Kier molecular flexibility index (Phi) is 19.4. The minimum atomic E-state index is -1.00. The minimum absolute atomic E-state index is 0.111. The highest BCUT2D eigenvalue weighted by atomic mass is 16.6. The highest BCUT2D eigenvalue weighted by Crippen LogP contribution is 2.03. The molecule has 1 amide bonds. The van der Waals surface area contributed by atoms with Gasteiger partial charge in [0.1, 0.15) is 18.2 Å². The molecule has 4 N–H and O–H groups in total. The van der Waals surface area contributed by atoms with Crippen LogP contribution in [-0.2, 0) is 47.6 Å². The monoisotopic (exact) mass is 535 g/mol. The fraction of sp³-hybridized carbons (Fsp3) is 0.833. The van der Waals surface area contributed by atoms with E-state index in [9.17, 15) is 19.2 Å². The average Bonchev–Trinajstić information content (AvgIpc) is 2.84. The molecule has 13 nitrogen and oxygen atoms in total. The smallest absolute Gasteiger partial charge is 0.324 e. The third-order valence-corrected chi connectivity index (χ3v) is 4.75. The van der Waals surface area contributed by atoms with Gasteiger partial charge in [0.2, 0.25) is 5.91 Å². The number of ether oxygens (including phenoxy) is 6. The summed E-state index contributed by atoms with van der Waals surface area (Å²) in [6.45, 7) is 9.73. The number of carbonyl (C=O) groups is 4. The predicted octanol–water partition coefficient (Wildman–Crippen LogP) is -0.460. The van der Waals surface area contributed by atoms with Gasteiger partial charge in [-0.2, -0.15) is 0 Å². The Morgan fingerprint density at radius 2 is 1.38 bits per heavy atom. The molecule has 0 aromatic carbocycles. The van der Waals surface area contributed by atoms with Gasteiger partial charge in [0, 0.05) is 6.04 Å². The van der Waals surface area contributed by atoms with Crippen LogP contribution >= 0.6 is 0 Å². The molecule has 0 aliphatic rings. The van der Waals surface area contributed by atoms with Crippen LogP contribution in [0.3, 0.4) is 0 Å². The van der Waals surface area contributed by atoms with Gasteiger partial charge in [-0.1, -0.05) is 13.8 Å². The van der Waals surface area contributed by atoms with Crippen molar-refractivity contribution in [2.75, 3.05) is 60.4 Å². The van der Waals surface area contributed by atoms with Crippen molar-refractivity contribution < 1.29 is 47.6 Å². The van der Waals surface area contributed by atoms with E-state index in [1.165, 1.54) is 14.2 Å². The number of hydrogen-bond donors (Lipinski definition) is 3. The van der Waals surface area contributed by atoms with Crippen LogP contribution in [0.25, 0.3) is 0 Å². The van der Waals surface area contributed by atoms with Crippen molar-refractivity contribution in [2.24, 2.45) is 11.7 Å². The maximum Gasteiger partial charge on any atom is 0.324 e. The normalized spacial score (nSPS) is 14.4. The minimum Gasteiger partial charge on any atom is -0.469 e. The Morgan fingerprint density at radius 1 is 0.784 bits per heavy atom. The molecule has 0 spiro atoms. The molecule has 0 aromatic heterocycles. The van der Waals surface area contributed by atoms with Gasteiger partial charge >= 0.3 is 17.9 Å². The molecule has 0 rings (SSSR count). The highest BCUT2D eigenvalue weighted by molar-refractivity contribution is 5.85. The molecule has 37 heavy (non-hydrogen) atoms. The molecule has 0 heterocycles. The second-order valence-corrected chi connectivity index (χ2v) is 8.95. The van der Waals surface area contributed by atoms with Crippen molar-refractivity contribution in [2.45, 2.75) is 64.8 Å². The molecule has 0 bridgehead atoms.